The Labute approximate surface area is 97.6 Å². The van der Waals surface area contributed by atoms with Gasteiger partial charge in [-0.25, -0.2) is 0 Å². The molecule has 0 spiro atoms. The highest BCUT2D eigenvalue weighted by Gasteiger charge is 2.03. The molecule has 0 fully saturated rings. The van der Waals surface area contributed by atoms with E-state index in [4.69, 9.17) is 15.2 Å². The molecule has 0 heterocycles. The third kappa shape index (κ3) is 4.11. The summed E-state index contributed by atoms with van der Waals surface area (Å²) in [6, 6.07) is 5.68. The second kappa shape index (κ2) is 6.38. The topological polar surface area (TPSA) is 44.5 Å². The van der Waals surface area contributed by atoms with Gasteiger partial charge in [0.05, 0.1) is 19.8 Å². The number of hydrogen-bond acceptors (Lipinski definition) is 3. The van der Waals surface area contributed by atoms with Crippen molar-refractivity contribution in [1.29, 1.82) is 0 Å². The first-order valence-electron chi connectivity index (χ1n) is 5.70. The minimum Gasteiger partial charge on any atom is -0.497 e. The average molecular weight is 223 g/mol. The first-order chi connectivity index (χ1) is 7.65. The van der Waals surface area contributed by atoms with E-state index in [1.54, 1.807) is 13.2 Å². The maximum atomic E-state index is 5.76. The number of anilines is 1. The first kappa shape index (κ1) is 12.8. The van der Waals surface area contributed by atoms with Crippen molar-refractivity contribution in [3.8, 4) is 5.75 Å². The number of nitrogens with two attached hydrogens (primary N) is 1. The van der Waals surface area contributed by atoms with E-state index >= 15 is 0 Å². The Kier molecular flexibility index (Phi) is 5.12. The van der Waals surface area contributed by atoms with Gasteiger partial charge in [0, 0.05) is 11.8 Å². The maximum Gasteiger partial charge on any atom is 0.121 e. The third-order valence-electron chi connectivity index (χ3n) is 2.45. The van der Waals surface area contributed by atoms with E-state index in [9.17, 15) is 0 Å². The molecule has 1 aromatic rings. The van der Waals surface area contributed by atoms with E-state index in [0.717, 1.165) is 24.2 Å². The van der Waals surface area contributed by atoms with Crippen LogP contribution in [0.3, 0.4) is 0 Å². The normalized spacial score (nSPS) is 12.4. The monoisotopic (exact) mass is 223 g/mol. The fourth-order valence-electron chi connectivity index (χ4n) is 1.62. The summed E-state index contributed by atoms with van der Waals surface area (Å²) in [6.45, 7) is 4.83. The zero-order valence-corrected chi connectivity index (χ0v) is 10.3. The molecule has 1 atom stereocenters. The fourth-order valence-corrected chi connectivity index (χ4v) is 1.62. The molecule has 1 rings (SSSR count). The van der Waals surface area contributed by atoms with Gasteiger partial charge in [-0.3, -0.25) is 0 Å². The van der Waals surface area contributed by atoms with Crippen molar-refractivity contribution in [2.45, 2.75) is 39.4 Å². The largest absolute Gasteiger partial charge is 0.497 e. The lowest BCUT2D eigenvalue weighted by Crippen LogP contribution is -2.07. The fraction of sp³-hybridized carbons (Fsp3) is 0.538. The van der Waals surface area contributed by atoms with Crippen LogP contribution in [0.1, 0.15) is 32.3 Å². The first-order valence-corrected chi connectivity index (χ1v) is 5.70. The van der Waals surface area contributed by atoms with E-state index in [-0.39, 0.29) is 6.10 Å². The molecule has 1 unspecified atom stereocenters. The molecule has 16 heavy (non-hydrogen) atoms. The number of benzene rings is 1. The van der Waals surface area contributed by atoms with Gasteiger partial charge in [-0.2, -0.15) is 0 Å². The maximum absolute atomic E-state index is 5.76. The summed E-state index contributed by atoms with van der Waals surface area (Å²) in [4.78, 5) is 0. The summed E-state index contributed by atoms with van der Waals surface area (Å²) in [7, 11) is 1.64. The van der Waals surface area contributed by atoms with Crippen molar-refractivity contribution in [2.75, 3.05) is 12.8 Å². The van der Waals surface area contributed by atoms with E-state index in [2.05, 4.69) is 13.8 Å². The van der Waals surface area contributed by atoms with Crippen LogP contribution in [0.4, 0.5) is 5.69 Å². The summed E-state index contributed by atoms with van der Waals surface area (Å²) >= 11 is 0. The van der Waals surface area contributed by atoms with Gasteiger partial charge in [-0.05, 0) is 31.0 Å². The van der Waals surface area contributed by atoms with E-state index < -0.39 is 0 Å². The van der Waals surface area contributed by atoms with Gasteiger partial charge in [0.15, 0.2) is 0 Å². The Morgan fingerprint density at radius 2 is 2.06 bits per heavy atom. The van der Waals surface area contributed by atoms with Crippen LogP contribution in [0.5, 0.6) is 5.75 Å². The van der Waals surface area contributed by atoms with Crippen LogP contribution in [0.25, 0.3) is 0 Å². The van der Waals surface area contributed by atoms with Gasteiger partial charge < -0.3 is 15.2 Å². The van der Waals surface area contributed by atoms with Gasteiger partial charge in [-0.15, -0.1) is 0 Å². The number of rotatable bonds is 6. The predicted octanol–water partition coefficient (Wildman–Crippen LogP) is 2.98. The SMILES string of the molecule is CCCC(C)OCc1cc(N)cc(OC)c1. The molecular weight excluding hydrogens is 202 g/mol. The molecule has 90 valence electrons. The van der Waals surface area contributed by atoms with Crippen molar-refractivity contribution in [2.24, 2.45) is 0 Å². The average Bonchev–Trinajstić information content (AvgIpc) is 2.26. The molecule has 3 heteroatoms. The summed E-state index contributed by atoms with van der Waals surface area (Å²) < 4.78 is 10.9. The van der Waals surface area contributed by atoms with Crippen LogP contribution in [-0.2, 0) is 11.3 Å². The van der Waals surface area contributed by atoms with Crippen LogP contribution >= 0.6 is 0 Å². The molecule has 0 aliphatic carbocycles. The Bertz CT molecular complexity index is 326. The predicted molar refractivity (Wildman–Crippen MR) is 66.6 cm³/mol. The summed E-state index contributed by atoms with van der Waals surface area (Å²) in [5.41, 5.74) is 7.53. The highest BCUT2D eigenvalue weighted by atomic mass is 16.5. The molecule has 0 aliphatic heterocycles. The van der Waals surface area contributed by atoms with E-state index in [1.165, 1.54) is 0 Å². The molecule has 0 aliphatic rings. The quantitative estimate of drug-likeness (QED) is 0.754. The molecule has 0 amide bonds. The molecule has 0 radical (unpaired) electrons. The minimum atomic E-state index is 0.289. The van der Waals surface area contributed by atoms with Crippen LogP contribution in [-0.4, -0.2) is 13.2 Å². The lowest BCUT2D eigenvalue weighted by atomic mass is 10.2. The van der Waals surface area contributed by atoms with Crippen molar-refractivity contribution in [3.63, 3.8) is 0 Å². The summed E-state index contributed by atoms with van der Waals surface area (Å²) in [5.74, 6) is 0.779. The van der Waals surface area contributed by atoms with Crippen LogP contribution < -0.4 is 10.5 Å². The zero-order chi connectivity index (χ0) is 12.0. The van der Waals surface area contributed by atoms with E-state index in [1.807, 2.05) is 12.1 Å². The second-order valence-electron chi connectivity index (χ2n) is 4.02. The van der Waals surface area contributed by atoms with Gasteiger partial charge in [0.1, 0.15) is 5.75 Å². The molecule has 0 saturated carbocycles. The van der Waals surface area contributed by atoms with Crippen molar-refractivity contribution in [1.82, 2.24) is 0 Å². The smallest absolute Gasteiger partial charge is 0.121 e. The molecule has 0 aromatic heterocycles. The van der Waals surface area contributed by atoms with Crippen molar-refractivity contribution >= 4 is 5.69 Å². The standard InChI is InChI=1S/C13H21NO2/c1-4-5-10(2)16-9-11-6-12(14)8-13(7-11)15-3/h6-8,10H,4-5,9,14H2,1-3H3. The third-order valence-corrected chi connectivity index (χ3v) is 2.45. The Morgan fingerprint density at radius 3 is 2.69 bits per heavy atom. The van der Waals surface area contributed by atoms with Gasteiger partial charge in [0.2, 0.25) is 0 Å². The highest BCUT2D eigenvalue weighted by molar-refractivity contribution is 5.47. The summed E-state index contributed by atoms with van der Waals surface area (Å²) in [5, 5.41) is 0. The number of hydrogen-bond donors (Lipinski definition) is 1. The number of methoxy groups -OCH3 is 1. The lowest BCUT2D eigenvalue weighted by molar-refractivity contribution is 0.0471. The Balaban J connectivity index is 2.56. The molecular formula is C13H21NO2. The van der Waals surface area contributed by atoms with Gasteiger partial charge in [-0.1, -0.05) is 13.3 Å². The van der Waals surface area contributed by atoms with Crippen LogP contribution in [0.15, 0.2) is 18.2 Å². The Hall–Kier alpha value is -1.22. The van der Waals surface area contributed by atoms with Crippen LogP contribution in [0.2, 0.25) is 0 Å². The highest BCUT2D eigenvalue weighted by Crippen LogP contribution is 2.19. The molecule has 0 saturated heterocycles. The van der Waals surface area contributed by atoms with Crippen LogP contribution in [0, 0.1) is 0 Å². The summed E-state index contributed by atoms with van der Waals surface area (Å²) in [6.07, 6.45) is 2.51. The van der Waals surface area contributed by atoms with E-state index in [0.29, 0.717) is 12.3 Å². The zero-order valence-electron chi connectivity index (χ0n) is 10.3. The number of ether oxygens (including phenoxy) is 2. The molecule has 1 aromatic carbocycles. The van der Waals surface area contributed by atoms with Crippen molar-refractivity contribution < 1.29 is 9.47 Å². The Morgan fingerprint density at radius 1 is 1.31 bits per heavy atom. The minimum absolute atomic E-state index is 0.289. The molecule has 0 bridgehead atoms. The molecule has 2 N–H and O–H groups in total. The van der Waals surface area contributed by atoms with Gasteiger partial charge in [0.25, 0.3) is 0 Å². The lowest BCUT2D eigenvalue weighted by Gasteiger charge is -2.13. The molecule has 3 nitrogen and oxygen atoms in total. The number of nitrogen functional groups attached to an aromatic ring is 1. The van der Waals surface area contributed by atoms with Crippen molar-refractivity contribution in [3.05, 3.63) is 23.8 Å². The second-order valence-corrected chi connectivity index (χ2v) is 4.02. The van der Waals surface area contributed by atoms with Gasteiger partial charge >= 0.3 is 0 Å².